The molecule has 0 saturated heterocycles. The molecule has 0 bridgehead atoms. The van der Waals surface area contributed by atoms with E-state index in [-0.39, 0.29) is 24.8 Å². The summed E-state index contributed by atoms with van der Waals surface area (Å²) < 4.78 is 5.46. The summed E-state index contributed by atoms with van der Waals surface area (Å²) in [6, 6.07) is 5.22. The Balaban J connectivity index is 2.44. The molecule has 1 aromatic rings. The summed E-state index contributed by atoms with van der Waals surface area (Å²) in [7, 11) is 3.21. The zero-order valence-corrected chi connectivity index (χ0v) is 12.7. The van der Waals surface area contributed by atoms with Gasteiger partial charge in [-0.25, -0.2) is 0 Å². The van der Waals surface area contributed by atoms with Gasteiger partial charge in [0.15, 0.2) is 6.61 Å². The standard InChI is InChI=1S/C14H19ClN2O3/c1-10-8-11(15)4-5-12(10)20-9-14(19)17(3)7-6-13(18)16-2/h4-5,8H,6-7,9H2,1-3H3,(H,16,18). The van der Waals surface area contributed by atoms with Gasteiger partial charge in [-0.2, -0.15) is 0 Å². The molecule has 1 aromatic carbocycles. The lowest BCUT2D eigenvalue weighted by Crippen LogP contribution is -2.34. The number of nitrogens with one attached hydrogen (secondary N) is 1. The molecule has 20 heavy (non-hydrogen) atoms. The summed E-state index contributed by atoms with van der Waals surface area (Å²) in [6.45, 7) is 2.16. The van der Waals surface area contributed by atoms with Crippen LogP contribution in [0.3, 0.4) is 0 Å². The van der Waals surface area contributed by atoms with E-state index in [0.29, 0.717) is 17.3 Å². The van der Waals surface area contributed by atoms with E-state index in [0.717, 1.165) is 5.56 Å². The first-order valence-corrected chi connectivity index (χ1v) is 6.65. The van der Waals surface area contributed by atoms with Gasteiger partial charge in [0.05, 0.1) is 0 Å². The van der Waals surface area contributed by atoms with Gasteiger partial charge >= 0.3 is 0 Å². The maximum atomic E-state index is 11.8. The molecular weight excluding hydrogens is 280 g/mol. The van der Waals surface area contributed by atoms with Crippen molar-refractivity contribution in [3.05, 3.63) is 28.8 Å². The maximum Gasteiger partial charge on any atom is 0.260 e. The Morgan fingerprint density at radius 2 is 2.10 bits per heavy atom. The van der Waals surface area contributed by atoms with Crippen LogP contribution in [-0.4, -0.2) is 44.0 Å². The van der Waals surface area contributed by atoms with Crippen molar-refractivity contribution in [1.29, 1.82) is 0 Å². The van der Waals surface area contributed by atoms with Gasteiger partial charge in [0.2, 0.25) is 5.91 Å². The number of benzene rings is 1. The zero-order chi connectivity index (χ0) is 15.1. The average molecular weight is 299 g/mol. The van der Waals surface area contributed by atoms with Crippen LogP contribution in [0.4, 0.5) is 0 Å². The van der Waals surface area contributed by atoms with Crippen molar-refractivity contribution >= 4 is 23.4 Å². The van der Waals surface area contributed by atoms with Crippen LogP contribution < -0.4 is 10.1 Å². The van der Waals surface area contributed by atoms with Crippen LogP contribution in [0.5, 0.6) is 5.75 Å². The molecule has 1 rings (SSSR count). The summed E-state index contributed by atoms with van der Waals surface area (Å²) in [4.78, 5) is 24.4. The highest BCUT2D eigenvalue weighted by Gasteiger charge is 2.11. The minimum Gasteiger partial charge on any atom is -0.483 e. The third kappa shape index (κ3) is 5.09. The van der Waals surface area contributed by atoms with E-state index in [1.165, 1.54) is 4.90 Å². The third-order valence-electron chi connectivity index (χ3n) is 2.87. The molecule has 110 valence electrons. The molecule has 0 aliphatic heterocycles. The van der Waals surface area contributed by atoms with Crippen molar-refractivity contribution in [3.8, 4) is 5.75 Å². The molecule has 0 radical (unpaired) electrons. The normalized spacial score (nSPS) is 10.0. The SMILES string of the molecule is CNC(=O)CCN(C)C(=O)COc1ccc(Cl)cc1C. The average Bonchev–Trinajstić information content (AvgIpc) is 2.42. The maximum absolute atomic E-state index is 11.8. The fourth-order valence-corrected chi connectivity index (χ4v) is 1.77. The molecule has 0 spiro atoms. The van der Waals surface area contributed by atoms with Crippen molar-refractivity contribution in [3.63, 3.8) is 0 Å². The van der Waals surface area contributed by atoms with Gasteiger partial charge in [0.1, 0.15) is 5.75 Å². The number of nitrogens with zero attached hydrogens (tertiary/aromatic N) is 1. The summed E-state index contributed by atoms with van der Waals surface area (Å²) in [6.07, 6.45) is 0.277. The third-order valence-corrected chi connectivity index (χ3v) is 3.10. The Hall–Kier alpha value is -1.75. The number of halogens is 1. The van der Waals surface area contributed by atoms with E-state index < -0.39 is 0 Å². The second-order valence-electron chi connectivity index (χ2n) is 4.44. The van der Waals surface area contributed by atoms with Crippen molar-refractivity contribution in [2.24, 2.45) is 0 Å². The first-order chi connectivity index (χ1) is 9.43. The molecule has 2 amide bonds. The minimum absolute atomic E-state index is 0.0628. The number of amides is 2. The lowest BCUT2D eigenvalue weighted by atomic mass is 10.2. The number of aryl methyl sites for hydroxylation is 1. The lowest BCUT2D eigenvalue weighted by molar-refractivity contribution is -0.132. The minimum atomic E-state index is -0.178. The number of carbonyl (C=O) groups is 2. The van der Waals surface area contributed by atoms with Crippen molar-refractivity contribution in [2.45, 2.75) is 13.3 Å². The summed E-state index contributed by atoms with van der Waals surface area (Å²) in [5, 5.41) is 3.14. The summed E-state index contributed by atoms with van der Waals surface area (Å²) in [5.74, 6) is 0.352. The van der Waals surface area contributed by atoms with Gasteiger partial charge in [-0.3, -0.25) is 9.59 Å². The smallest absolute Gasteiger partial charge is 0.260 e. The first-order valence-electron chi connectivity index (χ1n) is 6.27. The molecule has 0 saturated carbocycles. The number of hydrogen-bond donors (Lipinski definition) is 1. The monoisotopic (exact) mass is 298 g/mol. The number of likely N-dealkylation sites (N-methyl/N-ethyl adjacent to an activating group) is 1. The van der Waals surface area contributed by atoms with Gasteiger partial charge in [-0.1, -0.05) is 11.6 Å². The van der Waals surface area contributed by atoms with E-state index >= 15 is 0 Å². The van der Waals surface area contributed by atoms with Crippen LogP contribution >= 0.6 is 11.6 Å². The fraction of sp³-hybridized carbons (Fsp3) is 0.429. The molecule has 0 atom stereocenters. The Morgan fingerprint density at radius 1 is 1.40 bits per heavy atom. The van der Waals surface area contributed by atoms with Gasteiger partial charge in [0.25, 0.3) is 5.91 Å². The first kappa shape index (κ1) is 16.3. The molecular formula is C14H19ClN2O3. The van der Waals surface area contributed by atoms with E-state index in [2.05, 4.69) is 5.32 Å². The zero-order valence-electron chi connectivity index (χ0n) is 11.9. The van der Waals surface area contributed by atoms with E-state index in [9.17, 15) is 9.59 Å². The molecule has 0 heterocycles. The van der Waals surface area contributed by atoms with E-state index in [1.54, 1.807) is 32.3 Å². The highest BCUT2D eigenvalue weighted by atomic mass is 35.5. The van der Waals surface area contributed by atoms with Gasteiger partial charge in [-0.05, 0) is 30.7 Å². The van der Waals surface area contributed by atoms with Crippen molar-refractivity contribution in [2.75, 3.05) is 27.2 Å². The second kappa shape index (κ2) is 7.75. The molecule has 0 unspecified atom stereocenters. The molecule has 1 N–H and O–H groups in total. The van der Waals surface area contributed by atoms with E-state index in [1.807, 2.05) is 6.92 Å². The molecule has 5 nitrogen and oxygen atoms in total. The van der Waals surface area contributed by atoms with Crippen LogP contribution in [0, 0.1) is 6.92 Å². The number of ether oxygens (including phenoxy) is 1. The Bertz CT molecular complexity index is 491. The molecule has 0 aliphatic rings. The van der Waals surface area contributed by atoms with E-state index in [4.69, 9.17) is 16.3 Å². The van der Waals surface area contributed by atoms with Crippen LogP contribution in [0.25, 0.3) is 0 Å². The van der Waals surface area contributed by atoms with Crippen LogP contribution in [0.1, 0.15) is 12.0 Å². The predicted octanol–water partition coefficient (Wildman–Crippen LogP) is 1.62. The Morgan fingerprint density at radius 3 is 2.70 bits per heavy atom. The molecule has 0 aromatic heterocycles. The van der Waals surface area contributed by atoms with Gasteiger partial charge in [0, 0.05) is 32.1 Å². The Kier molecular flexibility index (Phi) is 6.31. The lowest BCUT2D eigenvalue weighted by Gasteiger charge is -2.17. The van der Waals surface area contributed by atoms with Gasteiger partial charge < -0.3 is 15.0 Å². The number of rotatable bonds is 6. The summed E-state index contributed by atoms with van der Waals surface area (Å²) in [5.41, 5.74) is 0.873. The highest BCUT2D eigenvalue weighted by molar-refractivity contribution is 6.30. The van der Waals surface area contributed by atoms with Crippen LogP contribution in [-0.2, 0) is 9.59 Å². The highest BCUT2D eigenvalue weighted by Crippen LogP contribution is 2.21. The predicted molar refractivity (Wildman–Crippen MR) is 78.0 cm³/mol. The molecule has 0 aliphatic carbocycles. The van der Waals surface area contributed by atoms with Gasteiger partial charge in [-0.15, -0.1) is 0 Å². The second-order valence-corrected chi connectivity index (χ2v) is 4.87. The quantitative estimate of drug-likeness (QED) is 0.868. The van der Waals surface area contributed by atoms with Crippen molar-refractivity contribution < 1.29 is 14.3 Å². The van der Waals surface area contributed by atoms with Crippen LogP contribution in [0.15, 0.2) is 18.2 Å². The fourth-order valence-electron chi connectivity index (χ4n) is 1.54. The molecule has 6 heteroatoms. The molecule has 0 fully saturated rings. The van der Waals surface area contributed by atoms with Crippen LogP contribution in [0.2, 0.25) is 5.02 Å². The summed E-state index contributed by atoms with van der Waals surface area (Å²) >= 11 is 5.85. The number of hydrogen-bond acceptors (Lipinski definition) is 3. The topological polar surface area (TPSA) is 58.6 Å². The number of carbonyl (C=O) groups excluding carboxylic acids is 2. The Labute approximate surface area is 123 Å². The van der Waals surface area contributed by atoms with Crippen molar-refractivity contribution in [1.82, 2.24) is 10.2 Å². The largest absolute Gasteiger partial charge is 0.483 e.